The molecular weight excluding hydrogens is 398 g/mol. The molecule has 3 heterocycles. The topological polar surface area (TPSA) is 64.3 Å². The van der Waals surface area contributed by atoms with Gasteiger partial charge >= 0.3 is 0 Å². The summed E-state index contributed by atoms with van der Waals surface area (Å²) in [6.45, 7) is 2.01. The summed E-state index contributed by atoms with van der Waals surface area (Å²) in [5.74, 6) is 1.49. The van der Waals surface area contributed by atoms with E-state index >= 15 is 0 Å². The maximum absolute atomic E-state index is 6.40. The third-order valence-corrected chi connectivity index (χ3v) is 5.36. The zero-order chi connectivity index (χ0) is 20.7. The number of aryl methyl sites for hydroxylation is 1. The van der Waals surface area contributed by atoms with Crippen LogP contribution in [-0.2, 0) is 0 Å². The number of hydrogen-bond acceptors (Lipinski definition) is 5. The molecule has 0 unspecified atom stereocenters. The molecule has 0 bridgehead atoms. The van der Waals surface area contributed by atoms with Gasteiger partial charge in [-0.05, 0) is 55.0 Å². The molecule has 1 N–H and O–H groups in total. The van der Waals surface area contributed by atoms with Gasteiger partial charge in [-0.3, -0.25) is 4.40 Å². The lowest BCUT2D eigenvalue weighted by atomic mass is 10.1. The van der Waals surface area contributed by atoms with Gasteiger partial charge in [0.1, 0.15) is 23.1 Å². The number of para-hydroxylation sites is 1. The van der Waals surface area contributed by atoms with Gasteiger partial charge in [0.2, 0.25) is 0 Å². The Morgan fingerprint density at radius 1 is 1.00 bits per heavy atom. The lowest BCUT2D eigenvalue weighted by molar-refractivity contribution is 0.415. The van der Waals surface area contributed by atoms with E-state index < -0.39 is 0 Å². The molecule has 5 aromatic rings. The second-order valence-electron chi connectivity index (χ2n) is 6.93. The van der Waals surface area contributed by atoms with Crippen LogP contribution in [0.15, 0.2) is 67.1 Å². The summed E-state index contributed by atoms with van der Waals surface area (Å²) < 4.78 is 7.18. The first-order chi connectivity index (χ1) is 14.6. The van der Waals surface area contributed by atoms with Crippen molar-refractivity contribution in [3.63, 3.8) is 0 Å². The summed E-state index contributed by atoms with van der Waals surface area (Å²) in [6, 6.07) is 17.5. The van der Waals surface area contributed by atoms with Crippen molar-refractivity contribution in [2.24, 2.45) is 0 Å². The van der Waals surface area contributed by atoms with Gasteiger partial charge < -0.3 is 10.1 Å². The average molecular weight is 416 g/mol. The van der Waals surface area contributed by atoms with Crippen molar-refractivity contribution in [3.05, 3.63) is 77.7 Å². The maximum atomic E-state index is 6.40. The standard InChI is InChI=1S/C23H18ClN5O/c1-14-4-3-5-17(24)21(14)28-22-20-12-25-13-29(20)23-19(26-22)11-10-18(27-23)15-6-8-16(30-2)9-7-15/h3-13H,1-2H3,(H,26,28). The van der Waals surface area contributed by atoms with E-state index in [9.17, 15) is 0 Å². The van der Waals surface area contributed by atoms with Crippen LogP contribution in [0.5, 0.6) is 5.75 Å². The van der Waals surface area contributed by atoms with Crippen molar-refractivity contribution in [1.82, 2.24) is 19.4 Å². The van der Waals surface area contributed by atoms with Crippen LogP contribution in [0.2, 0.25) is 5.02 Å². The molecule has 0 saturated carbocycles. The summed E-state index contributed by atoms with van der Waals surface area (Å²) in [5, 5.41) is 4.02. The van der Waals surface area contributed by atoms with Crippen LogP contribution in [0.25, 0.3) is 27.9 Å². The number of rotatable bonds is 4. The van der Waals surface area contributed by atoms with E-state index in [4.69, 9.17) is 26.3 Å². The number of hydrogen-bond donors (Lipinski definition) is 1. The van der Waals surface area contributed by atoms with Gasteiger partial charge in [0.25, 0.3) is 0 Å². The Morgan fingerprint density at radius 3 is 2.60 bits per heavy atom. The molecule has 0 spiro atoms. The van der Waals surface area contributed by atoms with Crippen LogP contribution >= 0.6 is 11.6 Å². The van der Waals surface area contributed by atoms with Crippen LogP contribution in [0, 0.1) is 6.92 Å². The Hall–Kier alpha value is -3.64. The number of aromatic nitrogens is 4. The highest BCUT2D eigenvalue weighted by Crippen LogP contribution is 2.31. The summed E-state index contributed by atoms with van der Waals surface area (Å²) in [5.41, 5.74) is 6.03. The van der Waals surface area contributed by atoms with Crippen LogP contribution in [0.1, 0.15) is 5.56 Å². The first-order valence-corrected chi connectivity index (χ1v) is 9.81. The lowest BCUT2D eigenvalue weighted by Gasteiger charge is -2.13. The second kappa shape index (κ2) is 7.31. The van der Waals surface area contributed by atoms with Crippen molar-refractivity contribution < 1.29 is 4.74 Å². The molecule has 0 aliphatic rings. The quantitative estimate of drug-likeness (QED) is 0.410. The molecule has 0 radical (unpaired) electrons. The molecule has 0 aliphatic heterocycles. The van der Waals surface area contributed by atoms with Gasteiger partial charge in [-0.2, -0.15) is 0 Å². The number of anilines is 2. The van der Waals surface area contributed by atoms with Crippen molar-refractivity contribution in [2.45, 2.75) is 6.92 Å². The highest BCUT2D eigenvalue weighted by Gasteiger charge is 2.13. The Kier molecular flexibility index (Phi) is 4.48. The minimum Gasteiger partial charge on any atom is -0.497 e. The van der Waals surface area contributed by atoms with Crippen molar-refractivity contribution in [2.75, 3.05) is 12.4 Å². The Morgan fingerprint density at radius 2 is 1.83 bits per heavy atom. The monoisotopic (exact) mass is 415 g/mol. The minimum atomic E-state index is 0.641. The first kappa shape index (κ1) is 18.4. The predicted octanol–water partition coefficient (Wildman–Crippen LogP) is 5.66. The fourth-order valence-electron chi connectivity index (χ4n) is 3.45. The number of benzene rings is 2. The van der Waals surface area contributed by atoms with Crippen molar-refractivity contribution in [3.8, 4) is 17.0 Å². The zero-order valence-electron chi connectivity index (χ0n) is 16.4. The van der Waals surface area contributed by atoms with E-state index in [1.54, 1.807) is 19.6 Å². The summed E-state index contributed by atoms with van der Waals surface area (Å²) in [6.07, 6.45) is 3.51. The highest BCUT2D eigenvalue weighted by atomic mass is 35.5. The number of fused-ring (bicyclic) bond motifs is 3. The maximum Gasteiger partial charge on any atom is 0.165 e. The third-order valence-electron chi connectivity index (χ3n) is 5.05. The normalized spacial score (nSPS) is 11.2. The van der Waals surface area contributed by atoms with Gasteiger partial charge in [-0.25, -0.2) is 15.0 Å². The number of pyridine rings is 1. The Labute approximate surface area is 178 Å². The number of ether oxygens (including phenoxy) is 1. The van der Waals surface area contributed by atoms with Crippen LogP contribution in [0.3, 0.4) is 0 Å². The molecule has 3 aromatic heterocycles. The lowest BCUT2D eigenvalue weighted by Crippen LogP contribution is -2.02. The van der Waals surface area contributed by atoms with Crippen molar-refractivity contribution >= 4 is 39.8 Å². The average Bonchev–Trinajstić information content (AvgIpc) is 3.27. The summed E-state index contributed by atoms with van der Waals surface area (Å²) >= 11 is 6.40. The number of methoxy groups -OCH3 is 1. The molecule has 7 heteroatoms. The first-order valence-electron chi connectivity index (χ1n) is 9.43. The number of halogens is 1. The summed E-state index contributed by atoms with van der Waals surface area (Å²) in [7, 11) is 1.65. The molecule has 0 saturated heterocycles. The summed E-state index contributed by atoms with van der Waals surface area (Å²) in [4.78, 5) is 14.0. The fourth-order valence-corrected chi connectivity index (χ4v) is 3.71. The van der Waals surface area contributed by atoms with E-state index in [1.807, 2.05) is 65.9 Å². The number of imidazole rings is 1. The predicted molar refractivity (Wildman–Crippen MR) is 120 cm³/mol. The van der Waals surface area contributed by atoms with E-state index in [2.05, 4.69) is 10.3 Å². The second-order valence-corrected chi connectivity index (χ2v) is 7.34. The van der Waals surface area contributed by atoms with Crippen LogP contribution < -0.4 is 10.1 Å². The van der Waals surface area contributed by atoms with Gasteiger partial charge in [0.05, 0.1) is 29.7 Å². The van der Waals surface area contributed by atoms with E-state index in [0.717, 1.165) is 44.9 Å². The fraction of sp³-hybridized carbons (Fsp3) is 0.0870. The minimum absolute atomic E-state index is 0.641. The Balaban J connectivity index is 1.64. The molecule has 5 rings (SSSR count). The molecule has 0 aliphatic carbocycles. The molecule has 2 aromatic carbocycles. The largest absolute Gasteiger partial charge is 0.497 e. The van der Waals surface area contributed by atoms with Crippen molar-refractivity contribution in [1.29, 1.82) is 0 Å². The SMILES string of the molecule is COc1ccc(-c2ccc3nc(Nc4c(C)cccc4Cl)c4cncn4c3n2)cc1. The third kappa shape index (κ3) is 3.11. The van der Waals surface area contributed by atoms with Gasteiger partial charge in [0.15, 0.2) is 11.5 Å². The van der Waals surface area contributed by atoms with E-state index in [-0.39, 0.29) is 0 Å². The molecule has 0 fully saturated rings. The molecule has 0 atom stereocenters. The van der Waals surface area contributed by atoms with Crippen LogP contribution in [-0.4, -0.2) is 26.5 Å². The molecule has 148 valence electrons. The van der Waals surface area contributed by atoms with Crippen LogP contribution in [0.4, 0.5) is 11.5 Å². The molecular formula is C23H18ClN5O. The van der Waals surface area contributed by atoms with E-state index in [1.165, 1.54) is 0 Å². The number of nitrogens with zero attached hydrogens (tertiary/aromatic N) is 4. The van der Waals surface area contributed by atoms with Gasteiger partial charge in [-0.15, -0.1) is 0 Å². The molecule has 6 nitrogen and oxygen atoms in total. The smallest absolute Gasteiger partial charge is 0.165 e. The molecule has 30 heavy (non-hydrogen) atoms. The van der Waals surface area contributed by atoms with Gasteiger partial charge in [0, 0.05) is 5.56 Å². The van der Waals surface area contributed by atoms with E-state index in [0.29, 0.717) is 10.8 Å². The zero-order valence-corrected chi connectivity index (χ0v) is 17.2. The molecule has 0 amide bonds. The van der Waals surface area contributed by atoms with Gasteiger partial charge in [-0.1, -0.05) is 23.7 Å². The number of nitrogens with one attached hydrogen (secondary N) is 1. The highest BCUT2D eigenvalue weighted by molar-refractivity contribution is 6.33. The Bertz CT molecular complexity index is 1360.